The molecule has 3 aliphatic carbocycles. The van der Waals surface area contributed by atoms with Crippen molar-refractivity contribution < 1.29 is 9.90 Å². The van der Waals surface area contributed by atoms with E-state index in [4.69, 9.17) is 0 Å². The van der Waals surface area contributed by atoms with Gasteiger partial charge in [0.05, 0.1) is 0 Å². The van der Waals surface area contributed by atoms with Crippen molar-refractivity contribution in [3.63, 3.8) is 0 Å². The van der Waals surface area contributed by atoms with Crippen LogP contribution in [0.2, 0.25) is 0 Å². The van der Waals surface area contributed by atoms with E-state index in [-0.39, 0.29) is 17.9 Å². The van der Waals surface area contributed by atoms with Crippen molar-refractivity contribution in [1.29, 1.82) is 0 Å². The molecule has 1 aromatic rings. The Kier molecular flexibility index (Phi) is 6.39. The molecule has 4 heteroatoms. The summed E-state index contributed by atoms with van der Waals surface area (Å²) in [5, 5.41) is 14.9. The smallest absolute Gasteiger partial charge is 0.257 e. The number of amides is 1. The van der Waals surface area contributed by atoms with Crippen LogP contribution in [0.25, 0.3) is 0 Å². The van der Waals surface area contributed by atoms with E-state index in [2.05, 4.69) is 10.2 Å². The van der Waals surface area contributed by atoms with E-state index in [1.165, 1.54) is 51.5 Å². The van der Waals surface area contributed by atoms with Crippen LogP contribution >= 0.6 is 0 Å². The Bertz CT molecular complexity index is 729. The number of piperidine rings is 1. The van der Waals surface area contributed by atoms with Crippen molar-refractivity contribution in [2.45, 2.75) is 82.3 Å². The maximum atomic E-state index is 13.4. The summed E-state index contributed by atoms with van der Waals surface area (Å²) in [6.45, 7) is 3.46. The summed E-state index contributed by atoms with van der Waals surface area (Å²) in [7, 11) is 0. The van der Waals surface area contributed by atoms with E-state index in [0.717, 1.165) is 50.3 Å². The number of likely N-dealkylation sites (tertiary alicyclic amines) is 1. The van der Waals surface area contributed by atoms with Gasteiger partial charge in [-0.25, -0.2) is 0 Å². The van der Waals surface area contributed by atoms with Gasteiger partial charge < -0.3 is 15.3 Å². The zero-order valence-electron chi connectivity index (χ0n) is 19.0. The van der Waals surface area contributed by atoms with Gasteiger partial charge in [0.25, 0.3) is 5.91 Å². The average Bonchev–Trinajstić information content (AvgIpc) is 3.22. The summed E-state index contributed by atoms with van der Waals surface area (Å²) >= 11 is 0. The first-order chi connectivity index (χ1) is 15.2. The number of nitrogens with one attached hydrogen (secondary N) is 1. The topological polar surface area (TPSA) is 52.6 Å². The lowest BCUT2D eigenvalue weighted by atomic mass is 9.79. The molecule has 1 aliphatic heterocycles. The van der Waals surface area contributed by atoms with Gasteiger partial charge in [0, 0.05) is 25.0 Å². The van der Waals surface area contributed by atoms with Gasteiger partial charge in [-0.05, 0) is 55.5 Å². The quantitative estimate of drug-likeness (QED) is 0.647. The second-order valence-electron chi connectivity index (χ2n) is 10.8. The van der Waals surface area contributed by atoms with Gasteiger partial charge >= 0.3 is 0 Å². The fraction of sp³-hybridized carbons (Fsp3) is 0.741. The first-order valence-electron chi connectivity index (χ1n) is 13.0. The Morgan fingerprint density at radius 3 is 2.29 bits per heavy atom. The number of aliphatic hydroxyl groups is 1. The number of hydrogen-bond donors (Lipinski definition) is 2. The van der Waals surface area contributed by atoms with E-state index in [1.807, 2.05) is 30.3 Å². The Morgan fingerprint density at radius 2 is 1.61 bits per heavy atom. The van der Waals surface area contributed by atoms with Gasteiger partial charge in [0.1, 0.15) is 0 Å². The monoisotopic (exact) mass is 424 g/mol. The third kappa shape index (κ3) is 4.43. The number of benzene rings is 1. The van der Waals surface area contributed by atoms with E-state index in [0.29, 0.717) is 11.8 Å². The highest BCUT2D eigenvalue weighted by Gasteiger charge is 2.58. The molecule has 3 saturated carbocycles. The van der Waals surface area contributed by atoms with Gasteiger partial charge in [0.15, 0.2) is 5.60 Å². The molecule has 2 unspecified atom stereocenters. The molecule has 170 valence electrons. The highest BCUT2D eigenvalue weighted by Crippen LogP contribution is 2.47. The van der Waals surface area contributed by atoms with Crippen LogP contribution in [0.5, 0.6) is 0 Å². The Balaban J connectivity index is 1.12. The van der Waals surface area contributed by atoms with Gasteiger partial charge in [-0.3, -0.25) is 4.79 Å². The van der Waals surface area contributed by atoms with Crippen LogP contribution in [0.4, 0.5) is 0 Å². The van der Waals surface area contributed by atoms with Gasteiger partial charge in [-0.1, -0.05) is 75.3 Å². The van der Waals surface area contributed by atoms with Gasteiger partial charge in [-0.15, -0.1) is 0 Å². The highest BCUT2D eigenvalue weighted by molar-refractivity contribution is 5.87. The molecule has 0 bridgehead atoms. The lowest BCUT2D eigenvalue weighted by Crippen LogP contribution is -2.51. The normalized spacial score (nSPS) is 31.3. The average molecular weight is 425 g/mol. The zero-order valence-corrected chi connectivity index (χ0v) is 19.0. The molecule has 4 nitrogen and oxygen atoms in total. The third-order valence-electron chi connectivity index (χ3n) is 8.88. The molecule has 4 aliphatic rings. The second kappa shape index (κ2) is 9.23. The molecule has 1 aromatic carbocycles. The minimum Gasteiger partial charge on any atom is -0.375 e. The van der Waals surface area contributed by atoms with Crippen LogP contribution in [-0.4, -0.2) is 41.6 Å². The molecule has 1 heterocycles. The van der Waals surface area contributed by atoms with Crippen LogP contribution in [0.15, 0.2) is 30.3 Å². The summed E-state index contributed by atoms with van der Waals surface area (Å²) in [6.07, 6.45) is 14.0. The summed E-state index contributed by atoms with van der Waals surface area (Å²) in [4.78, 5) is 16.0. The molecular formula is C27H40N2O2. The lowest BCUT2D eigenvalue weighted by molar-refractivity contribution is -0.147. The first-order valence-corrected chi connectivity index (χ1v) is 13.0. The molecule has 31 heavy (non-hydrogen) atoms. The van der Waals surface area contributed by atoms with Gasteiger partial charge in [0.2, 0.25) is 0 Å². The van der Waals surface area contributed by atoms with E-state index >= 15 is 0 Å². The number of fused-ring (bicyclic) bond motifs is 1. The number of hydrogen-bond acceptors (Lipinski definition) is 3. The predicted octanol–water partition coefficient (Wildman–Crippen LogP) is 4.47. The van der Waals surface area contributed by atoms with Crippen LogP contribution in [0.3, 0.4) is 0 Å². The Labute approximate surface area is 187 Å². The molecule has 1 amide bonds. The van der Waals surface area contributed by atoms with Crippen LogP contribution in [-0.2, 0) is 10.4 Å². The SMILES string of the molecule is O=C(NC1[C@H]2CN(CCCC3CCCCC3)C[C@@H]12)C(O)(c1ccccc1)C1CCCC1. The van der Waals surface area contributed by atoms with Gasteiger partial charge in [-0.2, -0.15) is 0 Å². The summed E-state index contributed by atoms with van der Waals surface area (Å²) in [5.74, 6) is 2.02. The minimum absolute atomic E-state index is 0.0322. The highest BCUT2D eigenvalue weighted by atomic mass is 16.3. The molecule has 0 aromatic heterocycles. The number of rotatable bonds is 8. The molecule has 4 atom stereocenters. The standard InChI is InChI=1S/C27H40N2O2/c30-26(27(31,22-15-7-8-16-22)21-13-5-2-6-14-21)28-25-23-18-29(19-24(23)25)17-9-12-20-10-3-1-4-11-20/h2,5-6,13-14,20,22-25,31H,1,3-4,7-12,15-19H2,(H,28,30)/t23-,24+,25?,27?. The maximum absolute atomic E-state index is 13.4. The lowest BCUT2D eigenvalue weighted by Gasteiger charge is -2.33. The fourth-order valence-corrected chi connectivity index (χ4v) is 6.94. The maximum Gasteiger partial charge on any atom is 0.257 e. The zero-order chi connectivity index (χ0) is 21.3. The molecule has 0 radical (unpaired) electrons. The Hall–Kier alpha value is -1.39. The van der Waals surface area contributed by atoms with Crippen molar-refractivity contribution in [2.75, 3.05) is 19.6 Å². The van der Waals surface area contributed by atoms with Crippen molar-refractivity contribution in [3.8, 4) is 0 Å². The summed E-state index contributed by atoms with van der Waals surface area (Å²) in [6, 6.07) is 9.90. The van der Waals surface area contributed by atoms with Crippen LogP contribution < -0.4 is 5.32 Å². The van der Waals surface area contributed by atoms with Crippen molar-refractivity contribution in [2.24, 2.45) is 23.7 Å². The summed E-state index contributed by atoms with van der Waals surface area (Å²) in [5.41, 5.74) is -0.622. The molecule has 4 fully saturated rings. The number of carbonyl (C=O) groups excluding carboxylic acids is 1. The van der Waals surface area contributed by atoms with E-state index < -0.39 is 5.60 Å². The van der Waals surface area contributed by atoms with Crippen molar-refractivity contribution in [1.82, 2.24) is 10.2 Å². The number of carbonyl (C=O) groups is 1. The fourth-order valence-electron chi connectivity index (χ4n) is 6.94. The summed E-state index contributed by atoms with van der Waals surface area (Å²) < 4.78 is 0. The number of nitrogens with zero attached hydrogens (tertiary/aromatic N) is 1. The second-order valence-corrected chi connectivity index (χ2v) is 10.8. The third-order valence-corrected chi connectivity index (χ3v) is 8.88. The van der Waals surface area contributed by atoms with E-state index in [1.54, 1.807) is 0 Å². The first kappa shape index (κ1) is 21.5. The molecule has 1 saturated heterocycles. The van der Waals surface area contributed by atoms with Crippen LogP contribution in [0.1, 0.15) is 76.2 Å². The largest absolute Gasteiger partial charge is 0.375 e. The Morgan fingerprint density at radius 1 is 0.968 bits per heavy atom. The predicted molar refractivity (Wildman–Crippen MR) is 123 cm³/mol. The molecule has 5 rings (SSSR count). The molecular weight excluding hydrogens is 384 g/mol. The van der Waals surface area contributed by atoms with Crippen molar-refractivity contribution in [3.05, 3.63) is 35.9 Å². The van der Waals surface area contributed by atoms with Crippen LogP contribution in [0, 0.1) is 23.7 Å². The molecule has 0 spiro atoms. The van der Waals surface area contributed by atoms with Crippen molar-refractivity contribution >= 4 is 5.91 Å². The minimum atomic E-state index is -1.38. The molecule has 2 N–H and O–H groups in total. The van der Waals surface area contributed by atoms with E-state index in [9.17, 15) is 9.90 Å².